The van der Waals surface area contributed by atoms with Crippen molar-refractivity contribution in [1.29, 1.82) is 0 Å². The van der Waals surface area contributed by atoms with E-state index in [1.807, 2.05) is 11.8 Å². The number of thioether (sulfide) groups is 1. The van der Waals surface area contributed by atoms with Gasteiger partial charge in [0.15, 0.2) is 0 Å². The fourth-order valence-corrected chi connectivity index (χ4v) is 3.16. The molecule has 0 bridgehead atoms. The van der Waals surface area contributed by atoms with E-state index in [0.717, 1.165) is 44.3 Å². The van der Waals surface area contributed by atoms with Crippen molar-refractivity contribution in [2.24, 2.45) is 0 Å². The van der Waals surface area contributed by atoms with Gasteiger partial charge in [-0.3, -0.25) is 4.90 Å². The third kappa shape index (κ3) is 5.43. The van der Waals surface area contributed by atoms with Crippen LogP contribution in [0.25, 0.3) is 0 Å². The Hall–Kier alpha value is 0.560. The van der Waals surface area contributed by atoms with Crippen molar-refractivity contribution < 1.29 is 4.74 Å². The summed E-state index contributed by atoms with van der Waals surface area (Å²) in [5, 5.41) is 0.656. The van der Waals surface area contributed by atoms with Crippen LogP contribution in [-0.4, -0.2) is 54.1 Å². The van der Waals surface area contributed by atoms with Gasteiger partial charge in [-0.15, -0.1) is 11.6 Å². The van der Waals surface area contributed by atoms with Gasteiger partial charge in [0.2, 0.25) is 0 Å². The van der Waals surface area contributed by atoms with Gasteiger partial charge in [-0.05, 0) is 13.0 Å². The molecule has 2 unspecified atom stereocenters. The molecule has 1 aliphatic rings. The van der Waals surface area contributed by atoms with Crippen LogP contribution in [0.4, 0.5) is 0 Å². The summed E-state index contributed by atoms with van der Waals surface area (Å²) in [5.74, 6) is 1.87. The number of halogens is 1. The molecule has 0 saturated carbocycles. The van der Waals surface area contributed by atoms with Crippen LogP contribution in [0.1, 0.15) is 20.3 Å². The Balaban J connectivity index is 2.14. The van der Waals surface area contributed by atoms with Crippen molar-refractivity contribution in [2.45, 2.75) is 31.6 Å². The highest BCUT2D eigenvalue weighted by atomic mass is 35.5. The second-order valence-electron chi connectivity index (χ2n) is 4.01. The molecule has 15 heavy (non-hydrogen) atoms. The number of hydrogen-bond donors (Lipinski definition) is 0. The fourth-order valence-electron chi connectivity index (χ4n) is 1.68. The van der Waals surface area contributed by atoms with Crippen molar-refractivity contribution in [3.05, 3.63) is 0 Å². The van der Waals surface area contributed by atoms with Gasteiger partial charge in [0.05, 0.1) is 12.7 Å². The van der Waals surface area contributed by atoms with E-state index in [4.69, 9.17) is 16.3 Å². The van der Waals surface area contributed by atoms with Crippen LogP contribution in [0.5, 0.6) is 0 Å². The monoisotopic (exact) mass is 251 g/mol. The molecule has 2 atom stereocenters. The Kier molecular flexibility index (Phi) is 7.06. The number of rotatable bonds is 6. The molecule has 1 saturated heterocycles. The summed E-state index contributed by atoms with van der Waals surface area (Å²) in [6.45, 7) is 8.68. The maximum Gasteiger partial charge on any atom is 0.0792 e. The quantitative estimate of drug-likeness (QED) is 0.673. The maximum atomic E-state index is 5.74. The molecule has 2 nitrogen and oxygen atoms in total. The third-order valence-electron chi connectivity index (χ3n) is 2.75. The molecule has 1 fully saturated rings. The Morgan fingerprint density at radius 1 is 1.60 bits per heavy atom. The van der Waals surface area contributed by atoms with Gasteiger partial charge < -0.3 is 4.74 Å². The molecule has 0 amide bonds. The summed E-state index contributed by atoms with van der Waals surface area (Å²) in [6, 6.07) is 0. The van der Waals surface area contributed by atoms with E-state index >= 15 is 0 Å². The Bertz CT molecular complexity index is 171. The first-order valence-corrected chi connectivity index (χ1v) is 7.36. The van der Waals surface area contributed by atoms with Crippen molar-refractivity contribution in [3.63, 3.8) is 0 Å². The zero-order valence-corrected chi connectivity index (χ0v) is 11.3. The number of morpholine rings is 1. The zero-order chi connectivity index (χ0) is 11.1. The summed E-state index contributed by atoms with van der Waals surface area (Å²) in [6.07, 6.45) is 1.51. The van der Waals surface area contributed by atoms with Crippen LogP contribution in [-0.2, 0) is 4.74 Å². The molecule has 90 valence electrons. The fraction of sp³-hybridized carbons (Fsp3) is 1.00. The summed E-state index contributed by atoms with van der Waals surface area (Å²) in [4.78, 5) is 2.46. The van der Waals surface area contributed by atoms with Crippen LogP contribution in [0.3, 0.4) is 0 Å². The zero-order valence-electron chi connectivity index (χ0n) is 9.75. The minimum Gasteiger partial charge on any atom is -0.375 e. The second-order valence-corrected chi connectivity index (χ2v) is 5.86. The van der Waals surface area contributed by atoms with Gasteiger partial charge in [0, 0.05) is 30.0 Å². The highest BCUT2D eigenvalue weighted by Gasteiger charge is 2.19. The first-order valence-electron chi connectivity index (χ1n) is 5.77. The lowest BCUT2D eigenvalue weighted by Gasteiger charge is -2.32. The third-order valence-corrected chi connectivity index (χ3v) is 4.34. The van der Waals surface area contributed by atoms with Crippen molar-refractivity contribution in [2.75, 3.05) is 37.9 Å². The van der Waals surface area contributed by atoms with E-state index < -0.39 is 0 Å². The van der Waals surface area contributed by atoms with Crippen LogP contribution in [0.2, 0.25) is 0 Å². The van der Waals surface area contributed by atoms with Crippen molar-refractivity contribution >= 4 is 23.4 Å². The van der Waals surface area contributed by atoms with E-state index in [2.05, 4.69) is 18.7 Å². The lowest BCUT2D eigenvalue weighted by molar-refractivity contribution is -0.0137. The molecular formula is C11H22ClNOS. The van der Waals surface area contributed by atoms with E-state index in [-0.39, 0.29) is 0 Å². The summed E-state index contributed by atoms with van der Waals surface area (Å²) in [5.41, 5.74) is 0. The van der Waals surface area contributed by atoms with Crippen LogP contribution in [0, 0.1) is 0 Å². The molecular weight excluding hydrogens is 230 g/mol. The lowest BCUT2D eigenvalue weighted by Crippen LogP contribution is -2.43. The molecule has 1 aliphatic heterocycles. The van der Waals surface area contributed by atoms with Gasteiger partial charge in [0.1, 0.15) is 0 Å². The Labute approximate surface area is 103 Å². The topological polar surface area (TPSA) is 12.5 Å². The van der Waals surface area contributed by atoms with Crippen LogP contribution in [0.15, 0.2) is 0 Å². The van der Waals surface area contributed by atoms with Crippen LogP contribution >= 0.6 is 23.4 Å². The smallest absolute Gasteiger partial charge is 0.0792 e. The number of alkyl halides is 1. The number of likely N-dealkylation sites (N-methyl/N-ethyl adjacent to an activating group) is 1. The normalized spacial score (nSPS) is 25.4. The number of hydrogen-bond acceptors (Lipinski definition) is 3. The summed E-state index contributed by atoms with van der Waals surface area (Å²) in [7, 11) is 0. The number of nitrogens with zero attached hydrogens (tertiary/aromatic N) is 1. The molecule has 0 aromatic heterocycles. The number of ether oxygens (including phenoxy) is 1. The molecule has 1 rings (SSSR count). The predicted molar refractivity (Wildman–Crippen MR) is 69.1 cm³/mol. The minimum absolute atomic E-state index is 0.418. The van der Waals surface area contributed by atoms with Gasteiger partial charge >= 0.3 is 0 Å². The molecule has 0 aromatic rings. The molecule has 0 aliphatic carbocycles. The summed E-state index contributed by atoms with van der Waals surface area (Å²) < 4.78 is 5.74. The highest BCUT2D eigenvalue weighted by Crippen LogP contribution is 2.18. The average Bonchev–Trinajstić information content (AvgIpc) is 2.27. The molecule has 0 radical (unpaired) electrons. The largest absolute Gasteiger partial charge is 0.375 e. The predicted octanol–water partition coefficient (Wildman–Crippen LogP) is 2.46. The van der Waals surface area contributed by atoms with E-state index in [1.54, 1.807) is 0 Å². The van der Waals surface area contributed by atoms with Gasteiger partial charge in [-0.1, -0.05) is 13.8 Å². The molecule has 0 spiro atoms. The lowest BCUT2D eigenvalue weighted by atomic mass is 10.3. The average molecular weight is 252 g/mol. The molecule has 1 heterocycles. The Morgan fingerprint density at radius 2 is 2.40 bits per heavy atom. The van der Waals surface area contributed by atoms with E-state index in [1.165, 1.54) is 0 Å². The summed E-state index contributed by atoms with van der Waals surface area (Å²) >= 11 is 7.69. The molecule has 4 heteroatoms. The molecule has 0 aromatic carbocycles. The Morgan fingerprint density at radius 3 is 3.07 bits per heavy atom. The van der Waals surface area contributed by atoms with Gasteiger partial charge in [0.25, 0.3) is 0 Å². The second kappa shape index (κ2) is 7.77. The standard InChI is InChI=1S/C11H22ClNOS/c1-3-13-6-7-14-11(8-13)9-15-10(2)4-5-12/h10-11H,3-9H2,1-2H3. The van der Waals surface area contributed by atoms with Gasteiger partial charge in [-0.2, -0.15) is 11.8 Å². The SMILES string of the molecule is CCN1CCOC(CSC(C)CCCl)C1. The van der Waals surface area contributed by atoms with E-state index in [0.29, 0.717) is 11.4 Å². The highest BCUT2D eigenvalue weighted by molar-refractivity contribution is 7.99. The molecule has 0 N–H and O–H groups in total. The van der Waals surface area contributed by atoms with Crippen molar-refractivity contribution in [3.8, 4) is 0 Å². The van der Waals surface area contributed by atoms with Crippen molar-refractivity contribution in [1.82, 2.24) is 4.90 Å². The first-order chi connectivity index (χ1) is 7.26. The van der Waals surface area contributed by atoms with Crippen LogP contribution < -0.4 is 0 Å². The van der Waals surface area contributed by atoms with E-state index in [9.17, 15) is 0 Å². The van der Waals surface area contributed by atoms with Gasteiger partial charge in [-0.25, -0.2) is 0 Å². The minimum atomic E-state index is 0.418. The maximum absolute atomic E-state index is 5.74. The first kappa shape index (κ1) is 13.6.